The fourth-order valence-corrected chi connectivity index (χ4v) is 2.54. The molecule has 0 spiro atoms. The first-order chi connectivity index (χ1) is 9.08. The van der Waals surface area contributed by atoms with E-state index in [1.165, 1.54) is 12.8 Å². The van der Waals surface area contributed by atoms with Crippen LogP contribution in [0.2, 0.25) is 0 Å². The van der Waals surface area contributed by atoms with Crippen molar-refractivity contribution in [1.29, 1.82) is 0 Å². The third kappa shape index (κ3) is 3.43. The molecule has 0 aromatic carbocycles. The van der Waals surface area contributed by atoms with Crippen LogP contribution >= 0.6 is 0 Å². The summed E-state index contributed by atoms with van der Waals surface area (Å²) in [6, 6.07) is 0. The van der Waals surface area contributed by atoms with Crippen LogP contribution in [0.25, 0.3) is 0 Å². The van der Waals surface area contributed by atoms with Crippen molar-refractivity contribution >= 4 is 5.91 Å². The van der Waals surface area contributed by atoms with Gasteiger partial charge in [-0.2, -0.15) is 0 Å². The van der Waals surface area contributed by atoms with Gasteiger partial charge in [-0.25, -0.2) is 4.98 Å². The number of likely N-dealkylation sites (tertiary alicyclic amines) is 1. The fourth-order valence-electron chi connectivity index (χ4n) is 2.54. The molecular weight excluding hydrogens is 242 g/mol. The number of aromatic amines is 1. The molecule has 2 heterocycles. The minimum absolute atomic E-state index is 0.0427. The van der Waals surface area contributed by atoms with Crippen LogP contribution < -0.4 is 5.56 Å². The monoisotopic (exact) mass is 263 g/mol. The highest BCUT2D eigenvalue weighted by Crippen LogP contribution is 2.11. The maximum absolute atomic E-state index is 12.3. The number of nitrogens with one attached hydrogen (secondary N) is 1. The van der Waals surface area contributed by atoms with Crippen molar-refractivity contribution in [3.8, 4) is 0 Å². The van der Waals surface area contributed by atoms with Gasteiger partial charge in [-0.1, -0.05) is 12.8 Å². The van der Waals surface area contributed by atoms with Crippen LogP contribution in [0.4, 0.5) is 0 Å². The van der Waals surface area contributed by atoms with E-state index in [1.807, 2.05) is 4.90 Å². The third-order valence-corrected chi connectivity index (χ3v) is 3.63. The molecule has 1 aliphatic heterocycles. The molecule has 1 amide bonds. The van der Waals surface area contributed by atoms with Crippen LogP contribution in [0.3, 0.4) is 0 Å². The number of hydrogen-bond donors (Lipinski definition) is 1. The molecule has 0 radical (unpaired) electrons. The highest BCUT2D eigenvalue weighted by Gasteiger charge is 2.18. The van der Waals surface area contributed by atoms with Crippen molar-refractivity contribution in [3.05, 3.63) is 27.4 Å². The predicted octanol–water partition coefficient (Wildman–Crippen LogP) is 1.33. The van der Waals surface area contributed by atoms with Crippen LogP contribution in [-0.2, 0) is 11.2 Å². The quantitative estimate of drug-likeness (QED) is 0.875. The number of nitrogens with zero attached hydrogens (tertiary/aromatic N) is 2. The molecule has 104 valence electrons. The molecule has 1 N–H and O–H groups in total. The molecule has 2 rings (SSSR count). The van der Waals surface area contributed by atoms with Gasteiger partial charge in [0.05, 0.1) is 6.42 Å². The Morgan fingerprint density at radius 2 is 1.84 bits per heavy atom. The minimum Gasteiger partial charge on any atom is -0.342 e. The maximum Gasteiger partial charge on any atom is 0.254 e. The summed E-state index contributed by atoms with van der Waals surface area (Å²) in [6.07, 6.45) is 4.67. The molecule has 1 aromatic heterocycles. The van der Waals surface area contributed by atoms with Gasteiger partial charge in [-0.05, 0) is 26.7 Å². The molecule has 1 fully saturated rings. The molecule has 1 aromatic rings. The highest BCUT2D eigenvalue weighted by atomic mass is 16.2. The summed E-state index contributed by atoms with van der Waals surface area (Å²) in [5.74, 6) is 0.634. The number of carbonyl (C=O) groups excluding carboxylic acids is 1. The van der Waals surface area contributed by atoms with Gasteiger partial charge in [0.25, 0.3) is 5.56 Å². The van der Waals surface area contributed by atoms with Gasteiger partial charge in [-0.3, -0.25) is 9.59 Å². The van der Waals surface area contributed by atoms with E-state index in [4.69, 9.17) is 0 Å². The van der Waals surface area contributed by atoms with Crippen molar-refractivity contribution in [2.24, 2.45) is 0 Å². The maximum atomic E-state index is 12.3. The van der Waals surface area contributed by atoms with E-state index in [9.17, 15) is 9.59 Å². The fraction of sp³-hybridized carbons (Fsp3) is 0.643. The lowest BCUT2D eigenvalue weighted by Crippen LogP contribution is -2.35. The number of hydrogen-bond acceptors (Lipinski definition) is 3. The Morgan fingerprint density at radius 3 is 2.42 bits per heavy atom. The molecule has 0 bridgehead atoms. The van der Waals surface area contributed by atoms with Crippen molar-refractivity contribution in [2.75, 3.05) is 13.1 Å². The Kier molecular flexibility index (Phi) is 4.35. The lowest BCUT2D eigenvalue weighted by Gasteiger charge is -2.20. The van der Waals surface area contributed by atoms with Crippen LogP contribution in [0.5, 0.6) is 0 Å². The number of amides is 1. The number of rotatable bonds is 2. The highest BCUT2D eigenvalue weighted by molar-refractivity contribution is 5.78. The lowest BCUT2D eigenvalue weighted by atomic mass is 10.1. The zero-order chi connectivity index (χ0) is 13.8. The second-order valence-electron chi connectivity index (χ2n) is 5.19. The predicted molar refractivity (Wildman–Crippen MR) is 73.1 cm³/mol. The molecule has 0 atom stereocenters. The first-order valence-corrected chi connectivity index (χ1v) is 6.92. The number of H-pyrrole nitrogens is 1. The molecule has 5 heteroatoms. The van der Waals surface area contributed by atoms with Crippen LogP contribution in [-0.4, -0.2) is 33.9 Å². The van der Waals surface area contributed by atoms with Gasteiger partial charge in [0, 0.05) is 24.3 Å². The van der Waals surface area contributed by atoms with E-state index in [0.29, 0.717) is 17.1 Å². The van der Waals surface area contributed by atoms with Gasteiger partial charge in [0.15, 0.2) is 0 Å². The van der Waals surface area contributed by atoms with Crippen molar-refractivity contribution < 1.29 is 4.79 Å². The summed E-state index contributed by atoms with van der Waals surface area (Å²) in [5.41, 5.74) is 0.970. The topological polar surface area (TPSA) is 66.1 Å². The SMILES string of the molecule is Cc1nc(C)c(CC(=O)N2CCCCCC2)c(=O)[nH]1. The Labute approximate surface area is 113 Å². The molecule has 5 nitrogen and oxygen atoms in total. The molecular formula is C14H21N3O2. The standard InChI is InChI=1S/C14H21N3O2/c1-10-12(14(19)16-11(2)15-10)9-13(18)17-7-5-3-4-6-8-17/h3-9H2,1-2H3,(H,15,16,19). The van der Waals surface area contributed by atoms with Crippen molar-refractivity contribution in [2.45, 2.75) is 46.0 Å². The summed E-state index contributed by atoms with van der Waals surface area (Å²) >= 11 is 0. The summed E-state index contributed by atoms with van der Waals surface area (Å²) in [6.45, 7) is 5.16. The molecule has 0 aliphatic carbocycles. The summed E-state index contributed by atoms with van der Waals surface area (Å²) < 4.78 is 0. The van der Waals surface area contributed by atoms with Crippen LogP contribution in [0.1, 0.15) is 42.8 Å². The number of aryl methyl sites for hydroxylation is 2. The molecule has 1 saturated heterocycles. The average molecular weight is 263 g/mol. The average Bonchev–Trinajstić information content (AvgIpc) is 2.62. The van der Waals surface area contributed by atoms with E-state index >= 15 is 0 Å². The van der Waals surface area contributed by atoms with Gasteiger partial charge in [0.2, 0.25) is 5.91 Å². The molecule has 0 unspecified atom stereocenters. The Bertz CT molecular complexity index is 514. The minimum atomic E-state index is -0.187. The molecule has 0 saturated carbocycles. The normalized spacial score (nSPS) is 16.2. The van der Waals surface area contributed by atoms with Crippen LogP contribution in [0, 0.1) is 13.8 Å². The zero-order valence-electron chi connectivity index (χ0n) is 11.7. The third-order valence-electron chi connectivity index (χ3n) is 3.63. The number of carbonyl (C=O) groups is 1. The number of aromatic nitrogens is 2. The van der Waals surface area contributed by atoms with Gasteiger partial charge in [0.1, 0.15) is 5.82 Å². The van der Waals surface area contributed by atoms with E-state index < -0.39 is 0 Å². The Morgan fingerprint density at radius 1 is 1.21 bits per heavy atom. The summed E-state index contributed by atoms with van der Waals surface area (Å²) in [7, 11) is 0. The van der Waals surface area contributed by atoms with Crippen molar-refractivity contribution in [3.63, 3.8) is 0 Å². The second-order valence-corrected chi connectivity index (χ2v) is 5.19. The van der Waals surface area contributed by atoms with E-state index in [2.05, 4.69) is 9.97 Å². The van der Waals surface area contributed by atoms with E-state index in [1.54, 1.807) is 13.8 Å². The summed E-state index contributed by atoms with van der Waals surface area (Å²) in [4.78, 5) is 32.9. The molecule has 19 heavy (non-hydrogen) atoms. The second kappa shape index (κ2) is 5.99. The zero-order valence-corrected chi connectivity index (χ0v) is 11.7. The first kappa shape index (κ1) is 13.8. The van der Waals surface area contributed by atoms with Crippen molar-refractivity contribution in [1.82, 2.24) is 14.9 Å². The smallest absolute Gasteiger partial charge is 0.254 e. The Hall–Kier alpha value is -1.65. The Balaban J connectivity index is 2.12. The largest absolute Gasteiger partial charge is 0.342 e. The van der Waals surface area contributed by atoms with E-state index in [0.717, 1.165) is 25.9 Å². The van der Waals surface area contributed by atoms with Gasteiger partial charge < -0.3 is 9.88 Å². The van der Waals surface area contributed by atoms with Gasteiger partial charge in [-0.15, -0.1) is 0 Å². The first-order valence-electron chi connectivity index (χ1n) is 6.92. The van der Waals surface area contributed by atoms with E-state index in [-0.39, 0.29) is 17.9 Å². The summed E-state index contributed by atoms with van der Waals surface area (Å²) in [5, 5.41) is 0. The van der Waals surface area contributed by atoms with Gasteiger partial charge >= 0.3 is 0 Å². The molecule has 1 aliphatic rings. The van der Waals surface area contributed by atoms with Crippen LogP contribution in [0.15, 0.2) is 4.79 Å². The lowest BCUT2D eigenvalue weighted by molar-refractivity contribution is -0.130.